The average molecular weight is 353 g/mol. The number of nitrogens with zero attached hydrogens (tertiary/aromatic N) is 3. The van der Waals surface area contributed by atoms with Crippen molar-refractivity contribution in [2.75, 3.05) is 32.7 Å². The van der Waals surface area contributed by atoms with E-state index in [9.17, 15) is 4.39 Å². The second kappa shape index (κ2) is 7.45. The van der Waals surface area contributed by atoms with Crippen LogP contribution >= 0.6 is 0 Å². The van der Waals surface area contributed by atoms with Crippen molar-refractivity contribution in [2.45, 2.75) is 38.1 Å². The molecule has 0 atom stereocenters. The van der Waals surface area contributed by atoms with E-state index in [1.807, 2.05) is 0 Å². The number of pyridine rings is 1. The molecular weight excluding hydrogens is 325 g/mol. The van der Waals surface area contributed by atoms with Crippen LogP contribution in [-0.4, -0.2) is 47.5 Å². The first-order valence-electron chi connectivity index (χ1n) is 9.87. The number of piperidine rings is 1. The van der Waals surface area contributed by atoms with Gasteiger partial charge in [0.1, 0.15) is 5.82 Å². The molecule has 1 fully saturated rings. The van der Waals surface area contributed by atoms with E-state index >= 15 is 0 Å². The van der Waals surface area contributed by atoms with Crippen molar-refractivity contribution < 1.29 is 4.39 Å². The summed E-state index contributed by atoms with van der Waals surface area (Å²) in [6.45, 7) is 7.64. The van der Waals surface area contributed by atoms with E-state index in [2.05, 4.69) is 46.0 Å². The molecule has 1 saturated heterocycles. The van der Waals surface area contributed by atoms with Gasteiger partial charge in [-0.2, -0.15) is 0 Å². The number of hydrogen-bond donors (Lipinski definition) is 0. The molecule has 0 aliphatic carbocycles. The second-order valence-corrected chi connectivity index (χ2v) is 7.58. The Morgan fingerprint density at radius 2 is 1.92 bits per heavy atom. The van der Waals surface area contributed by atoms with Gasteiger partial charge < -0.3 is 4.90 Å². The Kier molecular flexibility index (Phi) is 5.05. The number of benzene rings is 1. The summed E-state index contributed by atoms with van der Waals surface area (Å²) < 4.78 is 13.8. The van der Waals surface area contributed by atoms with Crippen LogP contribution in [0.25, 0.3) is 0 Å². The quantitative estimate of drug-likeness (QED) is 0.837. The molecule has 2 aliphatic heterocycles. The van der Waals surface area contributed by atoms with Crippen molar-refractivity contribution in [1.82, 2.24) is 14.8 Å². The minimum Gasteiger partial charge on any atom is -0.303 e. The summed E-state index contributed by atoms with van der Waals surface area (Å²) in [6.07, 6.45) is 7.25. The van der Waals surface area contributed by atoms with Gasteiger partial charge in [-0.05, 0) is 55.0 Å². The average Bonchev–Trinajstić information content (AvgIpc) is 2.69. The van der Waals surface area contributed by atoms with Gasteiger partial charge in [0.05, 0.1) is 6.20 Å². The number of rotatable bonds is 4. The Morgan fingerprint density at radius 1 is 1.12 bits per heavy atom. The number of aromatic nitrogens is 1. The SMILES string of the molecule is CCN1CCc2ccccc2C12CCN(CCc1ccncc1F)CC2. The molecule has 0 saturated carbocycles. The van der Waals surface area contributed by atoms with Gasteiger partial charge in [0.15, 0.2) is 0 Å². The zero-order chi connectivity index (χ0) is 18.0. The van der Waals surface area contributed by atoms with Crippen LogP contribution in [0.15, 0.2) is 42.7 Å². The monoisotopic (exact) mass is 353 g/mol. The molecular formula is C22H28FN3. The van der Waals surface area contributed by atoms with Crippen LogP contribution in [0.2, 0.25) is 0 Å². The molecule has 0 bridgehead atoms. The van der Waals surface area contributed by atoms with E-state index in [0.717, 1.165) is 64.0 Å². The van der Waals surface area contributed by atoms with E-state index in [-0.39, 0.29) is 11.4 Å². The molecule has 3 nitrogen and oxygen atoms in total. The molecule has 1 spiro atoms. The Hall–Kier alpha value is -1.78. The normalized spacial score (nSPS) is 20.2. The predicted molar refractivity (Wildman–Crippen MR) is 103 cm³/mol. The summed E-state index contributed by atoms with van der Waals surface area (Å²) in [4.78, 5) is 9.03. The smallest absolute Gasteiger partial charge is 0.144 e. The van der Waals surface area contributed by atoms with Crippen molar-refractivity contribution in [2.24, 2.45) is 0 Å². The van der Waals surface area contributed by atoms with Crippen LogP contribution in [0.1, 0.15) is 36.5 Å². The first-order chi connectivity index (χ1) is 12.7. The maximum absolute atomic E-state index is 13.8. The fourth-order valence-electron chi connectivity index (χ4n) is 4.91. The van der Waals surface area contributed by atoms with Crippen LogP contribution in [-0.2, 0) is 18.4 Å². The van der Waals surface area contributed by atoms with Gasteiger partial charge in [0.2, 0.25) is 0 Å². The third-order valence-electron chi connectivity index (χ3n) is 6.39. The Bertz CT molecular complexity index is 753. The molecule has 0 amide bonds. The lowest BCUT2D eigenvalue weighted by Crippen LogP contribution is -2.56. The van der Waals surface area contributed by atoms with Gasteiger partial charge in [-0.25, -0.2) is 4.39 Å². The minimum atomic E-state index is -0.181. The zero-order valence-corrected chi connectivity index (χ0v) is 15.6. The number of likely N-dealkylation sites (tertiary alicyclic amines) is 1. The van der Waals surface area contributed by atoms with Crippen molar-refractivity contribution >= 4 is 0 Å². The minimum absolute atomic E-state index is 0.181. The lowest BCUT2D eigenvalue weighted by molar-refractivity contribution is 0.0128. The Morgan fingerprint density at radius 3 is 2.69 bits per heavy atom. The molecule has 0 N–H and O–H groups in total. The first-order valence-corrected chi connectivity index (χ1v) is 9.87. The molecule has 4 heteroatoms. The van der Waals surface area contributed by atoms with Crippen molar-refractivity contribution in [3.05, 3.63) is 65.2 Å². The number of halogens is 1. The maximum atomic E-state index is 13.8. The number of hydrogen-bond acceptors (Lipinski definition) is 3. The van der Waals surface area contributed by atoms with Crippen LogP contribution in [0, 0.1) is 5.82 Å². The van der Waals surface area contributed by atoms with Crippen LogP contribution in [0.5, 0.6) is 0 Å². The molecule has 26 heavy (non-hydrogen) atoms. The highest BCUT2D eigenvalue weighted by molar-refractivity contribution is 5.37. The van der Waals surface area contributed by atoms with E-state index in [4.69, 9.17) is 0 Å². The van der Waals surface area contributed by atoms with Gasteiger partial charge in [-0.1, -0.05) is 31.2 Å². The standard InChI is InChI=1S/C22H28FN3/c1-2-26-14-9-18-5-3-4-6-20(18)22(26)10-15-25(16-11-22)13-8-19-7-12-24-17-21(19)23/h3-7,12,17H,2,8-11,13-16H2,1H3. The zero-order valence-electron chi connectivity index (χ0n) is 15.6. The van der Waals surface area contributed by atoms with E-state index < -0.39 is 0 Å². The highest BCUT2D eigenvalue weighted by Crippen LogP contribution is 2.43. The van der Waals surface area contributed by atoms with Gasteiger partial charge in [0, 0.05) is 37.9 Å². The summed E-state index contributed by atoms with van der Waals surface area (Å²) in [5.41, 5.74) is 4.05. The summed E-state index contributed by atoms with van der Waals surface area (Å²) in [7, 11) is 0. The summed E-state index contributed by atoms with van der Waals surface area (Å²) in [6, 6.07) is 10.8. The largest absolute Gasteiger partial charge is 0.303 e. The van der Waals surface area contributed by atoms with E-state index in [1.54, 1.807) is 17.8 Å². The number of fused-ring (bicyclic) bond motifs is 2. The number of likely N-dealkylation sites (N-methyl/N-ethyl adjacent to an activating group) is 1. The van der Waals surface area contributed by atoms with Gasteiger partial charge in [0.25, 0.3) is 0 Å². The van der Waals surface area contributed by atoms with Crippen LogP contribution in [0.4, 0.5) is 4.39 Å². The van der Waals surface area contributed by atoms with Gasteiger partial charge in [-0.3, -0.25) is 9.88 Å². The molecule has 2 aliphatic rings. The molecule has 3 heterocycles. The molecule has 138 valence electrons. The van der Waals surface area contributed by atoms with Crippen molar-refractivity contribution in [3.8, 4) is 0 Å². The molecule has 4 rings (SSSR count). The Balaban J connectivity index is 1.46. The van der Waals surface area contributed by atoms with Gasteiger partial charge in [-0.15, -0.1) is 0 Å². The Labute approximate surface area is 155 Å². The maximum Gasteiger partial charge on any atom is 0.144 e. The fourth-order valence-corrected chi connectivity index (χ4v) is 4.91. The lowest BCUT2D eigenvalue weighted by Gasteiger charge is -2.52. The summed E-state index contributed by atoms with van der Waals surface area (Å²) in [5, 5.41) is 0. The summed E-state index contributed by atoms with van der Waals surface area (Å²) in [5.74, 6) is -0.181. The highest BCUT2D eigenvalue weighted by atomic mass is 19.1. The molecule has 1 aromatic heterocycles. The van der Waals surface area contributed by atoms with Crippen molar-refractivity contribution in [1.29, 1.82) is 0 Å². The fraction of sp³-hybridized carbons (Fsp3) is 0.500. The first kappa shape index (κ1) is 17.6. The van der Waals surface area contributed by atoms with Gasteiger partial charge >= 0.3 is 0 Å². The van der Waals surface area contributed by atoms with Crippen LogP contribution in [0.3, 0.4) is 0 Å². The van der Waals surface area contributed by atoms with E-state index in [0.29, 0.717) is 0 Å². The third-order valence-corrected chi connectivity index (χ3v) is 6.39. The summed E-state index contributed by atoms with van der Waals surface area (Å²) >= 11 is 0. The van der Waals surface area contributed by atoms with E-state index in [1.165, 1.54) is 11.8 Å². The molecule has 2 aromatic rings. The highest BCUT2D eigenvalue weighted by Gasteiger charge is 2.43. The van der Waals surface area contributed by atoms with Crippen molar-refractivity contribution in [3.63, 3.8) is 0 Å². The third kappa shape index (κ3) is 3.17. The predicted octanol–water partition coefficient (Wildman–Crippen LogP) is 3.63. The topological polar surface area (TPSA) is 19.4 Å². The molecule has 0 radical (unpaired) electrons. The molecule has 0 unspecified atom stereocenters. The molecule has 1 aromatic carbocycles. The second-order valence-electron chi connectivity index (χ2n) is 7.58. The lowest BCUT2D eigenvalue weighted by atomic mass is 9.74. The van der Waals surface area contributed by atoms with Crippen LogP contribution < -0.4 is 0 Å².